The molecule has 3 aromatic heterocycles. The standard InChI is InChI=1S/C21H19N5/c1-2-8-20(9-3-1)26-16-19(15-24-13-17-6-4-10-22-12-17)21(25-26)18-7-5-11-23-14-18/h1-12,14,16,24H,13,15H2. The van der Waals surface area contributed by atoms with Gasteiger partial charge in [0.15, 0.2) is 0 Å². The molecular weight excluding hydrogens is 322 g/mol. The molecule has 4 rings (SSSR count). The van der Waals surface area contributed by atoms with Crippen LogP contribution in [0.15, 0.2) is 85.6 Å². The van der Waals surface area contributed by atoms with Crippen molar-refractivity contribution in [1.29, 1.82) is 0 Å². The Morgan fingerprint density at radius 3 is 2.35 bits per heavy atom. The molecule has 5 nitrogen and oxygen atoms in total. The van der Waals surface area contributed by atoms with E-state index in [1.807, 2.05) is 65.6 Å². The molecule has 1 aromatic carbocycles. The Bertz CT molecular complexity index is 950. The van der Waals surface area contributed by atoms with Crippen molar-refractivity contribution in [3.05, 3.63) is 96.7 Å². The molecule has 0 saturated heterocycles. The Kier molecular flexibility index (Phi) is 4.80. The van der Waals surface area contributed by atoms with Gasteiger partial charge < -0.3 is 5.32 Å². The smallest absolute Gasteiger partial charge is 0.0988 e. The summed E-state index contributed by atoms with van der Waals surface area (Å²) in [5.41, 5.74) is 5.29. The van der Waals surface area contributed by atoms with E-state index in [-0.39, 0.29) is 0 Å². The molecule has 0 saturated carbocycles. The van der Waals surface area contributed by atoms with E-state index >= 15 is 0 Å². The molecule has 0 unspecified atom stereocenters. The van der Waals surface area contributed by atoms with Crippen LogP contribution >= 0.6 is 0 Å². The number of pyridine rings is 2. The van der Waals surface area contributed by atoms with Gasteiger partial charge in [0.25, 0.3) is 0 Å². The molecule has 1 N–H and O–H groups in total. The first-order valence-electron chi connectivity index (χ1n) is 8.54. The molecule has 0 aliphatic heterocycles. The second-order valence-electron chi connectivity index (χ2n) is 5.99. The average molecular weight is 341 g/mol. The molecule has 5 heteroatoms. The van der Waals surface area contributed by atoms with Crippen molar-refractivity contribution in [1.82, 2.24) is 25.1 Å². The van der Waals surface area contributed by atoms with Crippen LogP contribution in [0, 0.1) is 0 Å². The summed E-state index contributed by atoms with van der Waals surface area (Å²) < 4.78 is 1.92. The zero-order chi connectivity index (χ0) is 17.6. The summed E-state index contributed by atoms with van der Waals surface area (Å²) in [6.07, 6.45) is 9.37. The highest BCUT2D eigenvalue weighted by Gasteiger charge is 2.12. The Hall–Kier alpha value is -3.31. The van der Waals surface area contributed by atoms with E-state index in [1.54, 1.807) is 12.4 Å². The number of hydrogen-bond acceptors (Lipinski definition) is 4. The van der Waals surface area contributed by atoms with Crippen molar-refractivity contribution in [2.75, 3.05) is 0 Å². The maximum Gasteiger partial charge on any atom is 0.0988 e. The fourth-order valence-electron chi connectivity index (χ4n) is 2.84. The van der Waals surface area contributed by atoms with Crippen molar-refractivity contribution in [2.45, 2.75) is 13.1 Å². The zero-order valence-corrected chi connectivity index (χ0v) is 14.3. The van der Waals surface area contributed by atoms with Crippen LogP contribution < -0.4 is 5.32 Å². The Balaban J connectivity index is 1.60. The van der Waals surface area contributed by atoms with Crippen LogP contribution in [0.25, 0.3) is 16.9 Å². The van der Waals surface area contributed by atoms with Crippen LogP contribution in [0.5, 0.6) is 0 Å². The van der Waals surface area contributed by atoms with Gasteiger partial charge in [-0.15, -0.1) is 0 Å². The molecule has 0 amide bonds. The summed E-state index contributed by atoms with van der Waals surface area (Å²) in [5.74, 6) is 0. The van der Waals surface area contributed by atoms with Crippen molar-refractivity contribution in [3.63, 3.8) is 0 Å². The maximum absolute atomic E-state index is 4.80. The molecule has 0 radical (unpaired) electrons. The normalized spacial score (nSPS) is 10.8. The third kappa shape index (κ3) is 3.68. The van der Waals surface area contributed by atoms with Crippen molar-refractivity contribution < 1.29 is 0 Å². The second kappa shape index (κ2) is 7.72. The lowest BCUT2D eigenvalue weighted by Gasteiger charge is -2.05. The average Bonchev–Trinajstić information content (AvgIpc) is 3.14. The van der Waals surface area contributed by atoms with Crippen LogP contribution in [0.2, 0.25) is 0 Å². The highest BCUT2D eigenvalue weighted by atomic mass is 15.3. The van der Waals surface area contributed by atoms with Crippen LogP contribution in [0.4, 0.5) is 0 Å². The molecule has 4 aromatic rings. The van der Waals surface area contributed by atoms with Crippen LogP contribution in [0.1, 0.15) is 11.1 Å². The van der Waals surface area contributed by atoms with Gasteiger partial charge in [0.05, 0.1) is 11.4 Å². The number of nitrogens with one attached hydrogen (secondary N) is 1. The number of aromatic nitrogens is 4. The predicted octanol–water partition coefficient (Wildman–Crippen LogP) is 3.62. The van der Waals surface area contributed by atoms with Gasteiger partial charge in [0.2, 0.25) is 0 Å². The highest BCUT2D eigenvalue weighted by Crippen LogP contribution is 2.23. The van der Waals surface area contributed by atoms with Gasteiger partial charge in [-0.25, -0.2) is 4.68 Å². The van der Waals surface area contributed by atoms with E-state index < -0.39 is 0 Å². The largest absolute Gasteiger partial charge is 0.308 e. The number of benzene rings is 1. The zero-order valence-electron chi connectivity index (χ0n) is 14.3. The first kappa shape index (κ1) is 16.2. The fourth-order valence-corrected chi connectivity index (χ4v) is 2.84. The summed E-state index contributed by atoms with van der Waals surface area (Å²) in [5, 5.41) is 8.28. The van der Waals surface area contributed by atoms with Crippen molar-refractivity contribution in [3.8, 4) is 16.9 Å². The lowest BCUT2D eigenvalue weighted by Crippen LogP contribution is -2.13. The van der Waals surface area contributed by atoms with Gasteiger partial charge in [-0.1, -0.05) is 24.3 Å². The van der Waals surface area contributed by atoms with Gasteiger partial charge in [0.1, 0.15) is 0 Å². The second-order valence-corrected chi connectivity index (χ2v) is 5.99. The van der Waals surface area contributed by atoms with E-state index in [2.05, 4.69) is 27.5 Å². The first-order valence-corrected chi connectivity index (χ1v) is 8.54. The number of nitrogens with zero attached hydrogens (tertiary/aromatic N) is 4. The molecule has 128 valence electrons. The molecule has 0 aliphatic rings. The quantitative estimate of drug-likeness (QED) is 0.582. The van der Waals surface area contributed by atoms with Crippen LogP contribution in [0.3, 0.4) is 0 Å². The minimum absolute atomic E-state index is 0.714. The predicted molar refractivity (Wildman–Crippen MR) is 102 cm³/mol. The van der Waals surface area contributed by atoms with Gasteiger partial charge in [-0.2, -0.15) is 5.10 Å². The Morgan fingerprint density at radius 1 is 0.808 bits per heavy atom. The van der Waals surface area contributed by atoms with Crippen LogP contribution in [-0.2, 0) is 13.1 Å². The van der Waals surface area contributed by atoms with E-state index in [1.165, 1.54) is 0 Å². The first-order chi connectivity index (χ1) is 12.9. The summed E-state index contributed by atoms with van der Waals surface area (Å²) in [7, 11) is 0. The number of rotatable bonds is 6. The number of para-hydroxylation sites is 1. The molecule has 0 atom stereocenters. The Labute approximate surface area is 152 Å². The molecule has 0 spiro atoms. The van der Waals surface area contributed by atoms with Crippen molar-refractivity contribution in [2.24, 2.45) is 0 Å². The third-order valence-corrected chi connectivity index (χ3v) is 4.11. The van der Waals surface area contributed by atoms with Gasteiger partial charge in [-0.3, -0.25) is 9.97 Å². The minimum Gasteiger partial charge on any atom is -0.308 e. The highest BCUT2D eigenvalue weighted by molar-refractivity contribution is 5.62. The topological polar surface area (TPSA) is 55.6 Å². The summed E-state index contributed by atoms with van der Waals surface area (Å²) >= 11 is 0. The minimum atomic E-state index is 0.714. The summed E-state index contributed by atoms with van der Waals surface area (Å²) in [6, 6.07) is 18.1. The molecule has 3 heterocycles. The summed E-state index contributed by atoms with van der Waals surface area (Å²) in [6.45, 7) is 1.47. The van der Waals surface area contributed by atoms with Crippen LogP contribution in [-0.4, -0.2) is 19.7 Å². The van der Waals surface area contributed by atoms with Gasteiger partial charge >= 0.3 is 0 Å². The molecule has 0 aliphatic carbocycles. The van der Waals surface area contributed by atoms with E-state index in [9.17, 15) is 0 Å². The van der Waals surface area contributed by atoms with Gasteiger partial charge in [0, 0.05) is 55.2 Å². The van der Waals surface area contributed by atoms with E-state index in [0.717, 1.165) is 34.6 Å². The SMILES string of the molecule is c1ccc(-n2cc(CNCc3cccnc3)c(-c3cccnc3)n2)cc1. The monoisotopic (exact) mass is 341 g/mol. The van der Waals surface area contributed by atoms with E-state index in [0.29, 0.717) is 6.54 Å². The Morgan fingerprint density at radius 2 is 1.62 bits per heavy atom. The molecule has 26 heavy (non-hydrogen) atoms. The van der Waals surface area contributed by atoms with Crippen molar-refractivity contribution >= 4 is 0 Å². The lowest BCUT2D eigenvalue weighted by atomic mass is 10.1. The fraction of sp³-hybridized carbons (Fsp3) is 0.0952. The molecular formula is C21H19N5. The lowest BCUT2D eigenvalue weighted by molar-refractivity contribution is 0.692. The van der Waals surface area contributed by atoms with E-state index in [4.69, 9.17) is 5.10 Å². The summed E-state index contributed by atoms with van der Waals surface area (Å²) in [4.78, 5) is 8.39. The molecule has 0 fully saturated rings. The molecule has 0 bridgehead atoms. The third-order valence-electron chi connectivity index (χ3n) is 4.11. The van der Waals surface area contributed by atoms with Gasteiger partial charge in [-0.05, 0) is 35.9 Å². The maximum atomic E-state index is 4.80. The number of hydrogen-bond donors (Lipinski definition) is 1.